The van der Waals surface area contributed by atoms with E-state index in [2.05, 4.69) is 5.32 Å². The number of nitrogens with zero attached hydrogens (tertiary/aromatic N) is 1. The molecule has 5 aromatic rings. The van der Waals surface area contributed by atoms with Gasteiger partial charge in [0.25, 0.3) is 5.91 Å². The molecule has 5 rings (SSSR count). The van der Waals surface area contributed by atoms with Crippen LogP contribution in [0.25, 0.3) is 32.6 Å². The van der Waals surface area contributed by atoms with Crippen LogP contribution in [0, 0.1) is 13.8 Å². The first kappa shape index (κ1) is 23.6. The third-order valence-corrected chi connectivity index (χ3v) is 7.19. The number of ether oxygens (including phenoxy) is 1. The zero-order valence-electron chi connectivity index (χ0n) is 20.5. The summed E-state index contributed by atoms with van der Waals surface area (Å²) in [5, 5.41) is 3.84. The lowest BCUT2D eigenvalue weighted by molar-refractivity contribution is 0.103. The number of benzene rings is 3. The Balaban J connectivity index is 1.63. The second kappa shape index (κ2) is 9.84. The smallest absolute Gasteiger partial charge is 0.267 e. The van der Waals surface area contributed by atoms with Crippen LogP contribution in [0.3, 0.4) is 0 Å². The van der Waals surface area contributed by atoms with E-state index in [1.54, 1.807) is 0 Å². The van der Waals surface area contributed by atoms with Gasteiger partial charge in [0.15, 0.2) is 0 Å². The second-order valence-electron chi connectivity index (χ2n) is 8.68. The van der Waals surface area contributed by atoms with Gasteiger partial charge in [-0.3, -0.25) is 4.79 Å². The summed E-state index contributed by atoms with van der Waals surface area (Å²) in [6.07, 6.45) is 0. The van der Waals surface area contributed by atoms with Crippen molar-refractivity contribution in [1.29, 1.82) is 0 Å². The summed E-state index contributed by atoms with van der Waals surface area (Å²) in [7, 11) is 0. The number of amides is 1. The van der Waals surface area contributed by atoms with Crippen molar-refractivity contribution < 1.29 is 9.53 Å². The molecule has 5 nitrogen and oxygen atoms in total. The third-order valence-electron chi connectivity index (χ3n) is 6.09. The number of nitrogens with two attached hydrogens (primary N) is 1. The first-order valence-electron chi connectivity index (χ1n) is 11.8. The number of nitrogens with one attached hydrogen (secondary N) is 1. The number of nitrogen functional groups attached to an aromatic ring is 1. The molecule has 0 fully saturated rings. The number of hydrogen-bond acceptors (Lipinski definition) is 5. The van der Waals surface area contributed by atoms with E-state index in [4.69, 9.17) is 15.5 Å². The molecule has 0 radical (unpaired) electrons. The van der Waals surface area contributed by atoms with E-state index in [0.29, 0.717) is 17.2 Å². The molecule has 0 atom stereocenters. The molecule has 0 spiro atoms. The Bertz CT molecular complexity index is 1560. The number of hydrogen-bond donors (Lipinski definition) is 2. The highest BCUT2D eigenvalue weighted by Crippen LogP contribution is 2.41. The third kappa shape index (κ3) is 4.55. The van der Waals surface area contributed by atoms with Crippen molar-refractivity contribution in [3.05, 3.63) is 94.9 Å². The van der Waals surface area contributed by atoms with Gasteiger partial charge in [0.05, 0.1) is 18.0 Å². The van der Waals surface area contributed by atoms with E-state index in [1.807, 2.05) is 99.6 Å². The molecule has 3 N–H and O–H groups in total. The maximum absolute atomic E-state index is 13.3. The summed E-state index contributed by atoms with van der Waals surface area (Å²) in [5.74, 6) is 0.585. The predicted molar refractivity (Wildman–Crippen MR) is 150 cm³/mol. The number of thiophene rings is 1. The second-order valence-corrected chi connectivity index (χ2v) is 9.68. The fourth-order valence-electron chi connectivity index (χ4n) is 4.22. The molecule has 2 heterocycles. The number of fused-ring (bicyclic) bond motifs is 1. The number of pyridine rings is 1. The van der Waals surface area contributed by atoms with Gasteiger partial charge in [-0.1, -0.05) is 42.5 Å². The van der Waals surface area contributed by atoms with E-state index in [0.717, 1.165) is 55.2 Å². The van der Waals surface area contributed by atoms with Crippen molar-refractivity contribution in [1.82, 2.24) is 4.98 Å². The van der Waals surface area contributed by atoms with Crippen molar-refractivity contribution >= 4 is 38.8 Å². The lowest BCUT2D eigenvalue weighted by Gasteiger charge is -2.10. The van der Waals surface area contributed by atoms with Gasteiger partial charge in [-0.05, 0) is 79.4 Å². The standard InChI is InChI=1S/C30H27N3O2S/c1-4-35-22-14-12-21(13-15-22)25-17-23(20-8-6-5-7-9-20)26-27(31)28(36-30(26)33-25)29(34)32-24-16-18(2)10-11-19(24)3/h5-17H,4,31H2,1-3H3,(H,32,34). The Kier molecular flexibility index (Phi) is 6.44. The molecule has 0 unspecified atom stereocenters. The van der Waals surface area contributed by atoms with Gasteiger partial charge in [-0.2, -0.15) is 0 Å². The van der Waals surface area contributed by atoms with Crippen LogP contribution in [0.5, 0.6) is 5.75 Å². The predicted octanol–water partition coefficient (Wildman–Crippen LogP) is 7.48. The van der Waals surface area contributed by atoms with Gasteiger partial charge in [0.2, 0.25) is 0 Å². The van der Waals surface area contributed by atoms with Gasteiger partial charge in [-0.25, -0.2) is 4.98 Å². The first-order chi connectivity index (χ1) is 17.4. The Labute approximate surface area is 214 Å². The lowest BCUT2D eigenvalue weighted by Crippen LogP contribution is -2.13. The van der Waals surface area contributed by atoms with Crippen molar-refractivity contribution in [2.24, 2.45) is 0 Å². The molecule has 0 saturated carbocycles. The van der Waals surface area contributed by atoms with Crippen molar-refractivity contribution in [2.75, 3.05) is 17.7 Å². The molecule has 0 aliphatic carbocycles. The van der Waals surface area contributed by atoms with Crippen LogP contribution in [0.2, 0.25) is 0 Å². The normalized spacial score (nSPS) is 11.0. The molecule has 6 heteroatoms. The molecule has 36 heavy (non-hydrogen) atoms. The highest BCUT2D eigenvalue weighted by Gasteiger charge is 2.22. The fourth-order valence-corrected chi connectivity index (χ4v) is 5.24. The Hall–Kier alpha value is -4.16. The molecular formula is C30H27N3O2S. The molecule has 0 saturated heterocycles. The van der Waals surface area contributed by atoms with E-state index >= 15 is 0 Å². The van der Waals surface area contributed by atoms with E-state index in [-0.39, 0.29) is 5.91 Å². The largest absolute Gasteiger partial charge is 0.494 e. The molecule has 1 amide bonds. The summed E-state index contributed by atoms with van der Waals surface area (Å²) in [6.45, 7) is 6.55. The van der Waals surface area contributed by atoms with Gasteiger partial charge in [-0.15, -0.1) is 11.3 Å². The Morgan fingerprint density at radius 1 is 0.972 bits per heavy atom. The molecule has 3 aromatic carbocycles. The number of aryl methyl sites for hydroxylation is 2. The highest BCUT2D eigenvalue weighted by molar-refractivity contribution is 7.21. The van der Waals surface area contributed by atoms with Crippen LogP contribution < -0.4 is 15.8 Å². The minimum atomic E-state index is -0.231. The van der Waals surface area contributed by atoms with Crippen LogP contribution in [0.1, 0.15) is 27.7 Å². The zero-order valence-corrected chi connectivity index (χ0v) is 21.3. The summed E-state index contributed by atoms with van der Waals surface area (Å²) in [4.78, 5) is 19.5. The molecule has 0 aliphatic heterocycles. The van der Waals surface area contributed by atoms with Crippen molar-refractivity contribution in [3.63, 3.8) is 0 Å². The number of carbonyl (C=O) groups is 1. The van der Waals surface area contributed by atoms with Crippen LogP contribution in [-0.2, 0) is 0 Å². The molecular weight excluding hydrogens is 466 g/mol. The quantitative estimate of drug-likeness (QED) is 0.257. The molecule has 0 aliphatic rings. The zero-order chi connectivity index (χ0) is 25.2. The van der Waals surface area contributed by atoms with Gasteiger partial charge >= 0.3 is 0 Å². The van der Waals surface area contributed by atoms with Gasteiger partial charge < -0.3 is 15.8 Å². The first-order valence-corrected chi connectivity index (χ1v) is 12.7. The van der Waals surface area contributed by atoms with Crippen LogP contribution in [0.15, 0.2) is 78.9 Å². The summed E-state index contributed by atoms with van der Waals surface area (Å²) in [6, 6.07) is 26.0. The Morgan fingerprint density at radius 3 is 2.44 bits per heavy atom. The number of rotatable bonds is 6. The van der Waals surface area contributed by atoms with E-state index in [1.165, 1.54) is 11.3 Å². The van der Waals surface area contributed by atoms with Gasteiger partial charge in [0.1, 0.15) is 15.5 Å². The SMILES string of the molecule is CCOc1ccc(-c2cc(-c3ccccc3)c3c(N)c(C(=O)Nc4cc(C)ccc4C)sc3n2)cc1. The van der Waals surface area contributed by atoms with Gasteiger partial charge in [0, 0.05) is 16.6 Å². The monoisotopic (exact) mass is 493 g/mol. The molecule has 180 valence electrons. The Morgan fingerprint density at radius 2 is 1.72 bits per heavy atom. The topological polar surface area (TPSA) is 77.2 Å². The average molecular weight is 494 g/mol. The summed E-state index contributed by atoms with van der Waals surface area (Å²) in [5.41, 5.74) is 13.7. The van der Waals surface area contributed by atoms with Crippen molar-refractivity contribution in [3.8, 4) is 28.1 Å². The maximum Gasteiger partial charge on any atom is 0.267 e. The van der Waals surface area contributed by atoms with E-state index in [9.17, 15) is 4.79 Å². The molecule has 2 aromatic heterocycles. The lowest BCUT2D eigenvalue weighted by atomic mass is 9.99. The van der Waals surface area contributed by atoms with Crippen molar-refractivity contribution in [2.45, 2.75) is 20.8 Å². The fraction of sp³-hybridized carbons (Fsp3) is 0.133. The summed E-state index contributed by atoms with van der Waals surface area (Å²) >= 11 is 1.32. The summed E-state index contributed by atoms with van der Waals surface area (Å²) < 4.78 is 5.59. The van der Waals surface area contributed by atoms with Crippen LogP contribution in [-0.4, -0.2) is 17.5 Å². The van der Waals surface area contributed by atoms with E-state index < -0.39 is 0 Å². The molecule has 0 bridgehead atoms. The highest BCUT2D eigenvalue weighted by atomic mass is 32.1. The average Bonchev–Trinajstić information content (AvgIpc) is 3.23. The number of aromatic nitrogens is 1. The van der Waals surface area contributed by atoms with Crippen LogP contribution in [0.4, 0.5) is 11.4 Å². The maximum atomic E-state index is 13.3. The minimum absolute atomic E-state index is 0.231. The number of carbonyl (C=O) groups excluding carboxylic acids is 1. The van der Waals surface area contributed by atoms with Crippen LogP contribution >= 0.6 is 11.3 Å². The minimum Gasteiger partial charge on any atom is -0.494 e. The number of anilines is 2.